The summed E-state index contributed by atoms with van der Waals surface area (Å²) in [5.74, 6) is -0.722. The SMILES string of the molecule is Cc1cc(C(F)F)c(N)c([N+](=O)[O-])n1. The Balaban J connectivity index is 3.40. The third-order valence-corrected chi connectivity index (χ3v) is 1.61. The third kappa shape index (κ3) is 1.76. The van der Waals surface area contributed by atoms with Gasteiger partial charge in [0.2, 0.25) is 0 Å². The summed E-state index contributed by atoms with van der Waals surface area (Å²) in [6.45, 7) is 1.39. The molecule has 0 amide bonds. The maximum Gasteiger partial charge on any atom is 0.387 e. The Kier molecular flexibility index (Phi) is 2.59. The van der Waals surface area contributed by atoms with Gasteiger partial charge < -0.3 is 15.8 Å². The highest BCUT2D eigenvalue weighted by molar-refractivity contribution is 5.60. The van der Waals surface area contributed by atoms with Crippen LogP contribution < -0.4 is 5.73 Å². The molecule has 0 unspecified atom stereocenters. The third-order valence-electron chi connectivity index (χ3n) is 1.61. The minimum Gasteiger partial charge on any atom is -0.391 e. The largest absolute Gasteiger partial charge is 0.391 e. The van der Waals surface area contributed by atoms with Crippen LogP contribution in [0.1, 0.15) is 17.7 Å². The summed E-state index contributed by atoms with van der Waals surface area (Å²) < 4.78 is 24.6. The summed E-state index contributed by atoms with van der Waals surface area (Å²) >= 11 is 0. The number of anilines is 1. The Labute approximate surface area is 77.7 Å². The van der Waals surface area contributed by atoms with Gasteiger partial charge in [0.25, 0.3) is 6.43 Å². The molecule has 0 atom stereocenters. The van der Waals surface area contributed by atoms with Gasteiger partial charge in [0.15, 0.2) is 5.69 Å². The van der Waals surface area contributed by atoms with Gasteiger partial charge >= 0.3 is 5.82 Å². The number of halogens is 2. The molecule has 2 N–H and O–H groups in total. The zero-order chi connectivity index (χ0) is 10.9. The molecule has 0 spiro atoms. The molecule has 0 saturated heterocycles. The van der Waals surface area contributed by atoms with Crippen LogP contribution in [0.4, 0.5) is 20.3 Å². The molecule has 0 saturated carbocycles. The van der Waals surface area contributed by atoms with Crippen molar-refractivity contribution in [2.24, 2.45) is 0 Å². The van der Waals surface area contributed by atoms with E-state index in [9.17, 15) is 18.9 Å². The standard InChI is InChI=1S/C7H7F2N3O2/c1-3-2-4(6(8)9)5(10)7(11-3)12(13)14/h2,6H,10H2,1H3. The van der Waals surface area contributed by atoms with Gasteiger partial charge in [0.05, 0.1) is 5.56 Å². The molecule has 0 aliphatic carbocycles. The van der Waals surface area contributed by atoms with E-state index in [0.29, 0.717) is 0 Å². The van der Waals surface area contributed by atoms with Crippen LogP contribution in [0.3, 0.4) is 0 Å². The fraction of sp³-hybridized carbons (Fsp3) is 0.286. The monoisotopic (exact) mass is 203 g/mol. The number of nitrogens with two attached hydrogens (primary N) is 1. The highest BCUT2D eigenvalue weighted by atomic mass is 19.3. The Bertz CT molecular complexity index is 381. The predicted molar refractivity (Wildman–Crippen MR) is 45.0 cm³/mol. The first-order valence-electron chi connectivity index (χ1n) is 3.63. The van der Waals surface area contributed by atoms with Crippen LogP contribution in [-0.2, 0) is 0 Å². The number of aromatic nitrogens is 1. The van der Waals surface area contributed by atoms with Crippen molar-refractivity contribution in [3.63, 3.8) is 0 Å². The van der Waals surface area contributed by atoms with Crippen molar-refractivity contribution in [3.05, 3.63) is 27.4 Å². The zero-order valence-corrected chi connectivity index (χ0v) is 7.20. The van der Waals surface area contributed by atoms with Gasteiger partial charge in [-0.25, -0.2) is 8.78 Å². The van der Waals surface area contributed by atoms with Crippen molar-refractivity contribution < 1.29 is 13.7 Å². The highest BCUT2D eigenvalue weighted by Gasteiger charge is 2.23. The first-order chi connectivity index (χ1) is 6.43. The molecular formula is C7H7F2N3O2. The van der Waals surface area contributed by atoms with Crippen LogP contribution in [0.5, 0.6) is 0 Å². The fourth-order valence-electron chi connectivity index (χ4n) is 1.01. The molecule has 1 aromatic rings. The van der Waals surface area contributed by atoms with E-state index in [2.05, 4.69) is 4.98 Å². The van der Waals surface area contributed by atoms with Crippen molar-refractivity contribution in [1.29, 1.82) is 0 Å². The number of aryl methyl sites for hydroxylation is 1. The minimum atomic E-state index is -2.84. The number of nitrogen functional groups attached to an aromatic ring is 1. The maximum atomic E-state index is 12.3. The molecule has 5 nitrogen and oxygen atoms in total. The van der Waals surface area contributed by atoms with Gasteiger partial charge in [-0.2, -0.15) is 0 Å². The van der Waals surface area contributed by atoms with Gasteiger partial charge in [-0.3, -0.25) is 0 Å². The highest BCUT2D eigenvalue weighted by Crippen LogP contribution is 2.31. The lowest BCUT2D eigenvalue weighted by atomic mass is 10.2. The second-order valence-corrected chi connectivity index (χ2v) is 2.65. The van der Waals surface area contributed by atoms with Crippen LogP contribution in [0.25, 0.3) is 0 Å². The van der Waals surface area contributed by atoms with Crippen molar-refractivity contribution in [2.45, 2.75) is 13.3 Å². The number of pyridine rings is 1. The predicted octanol–water partition coefficient (Wildman–Crippen LogP) is 1.82. The van der Waals surface area contributed by atoms with E-state index in [1.807, 2.05) is 0 Å². The molecule has 7 heteroatoms. The second-order valence-electron chi connectivity index (χ2n) is 2.65. The first kappa shape index (κ1) is 10.3. The van der Waals surface area contributed by atoms with Crippen molar-refractivity contribution in [2.75, 3.05) is 5.73 Å². The van der Waals surface area contributed by atoms with E-state index >= 15 is 0 Å². The lowest BCUT2D eigenvalue weighted by molar-refractivity contribution is -0.388. The smallest absolute Gasteiger partial charge is 0.387 e. The van der Waals surface area contributed by atoms with Gasteiger partial charge in [-0.15, -0.1) is 0 Å². The average molecular weight is 203 g/mol. The summed E-state index contributed by atoms with van der Waals surface area (Å²) in [5.41, 5.74) is 4.18. The molecule has 0 aromatic carbocycles. The second kappa shape index (κ2) is 3.52. The summed E-state index contributed by atoms with van der Waals surface area (Å²) in [6, 6.07) is 1.03. The van der Waals surface area contributed by atoms with Crippen molar-refractivity contribution in [1.82, 2.24) is 4.98 Å². The minimum absolute atomic E-state index is 0.140. The number of hydrogen-bond donors (Lipinski definition) is 1. The Morgan fingerprint density at radius 3 is 2.64 bits per heavy atom. The van der Waals surface area contributed by atoms with E-state index in [4.69, 9.17) is 5.73 Å². The van der Waals surface area contributed by atoms with Crippen molar-refractivity contribution >= 4 is 11.5 Å². The van der Waals surface area contributed by atoms with Crippen LogP contribution in [-0.4, -0.2) is 9.91 Å². The van der Waals surface area contributed by atoms with E-state index < -0.39 is 28.4 Å². The molecule has 0 radical (unpaired) electrons. The van der Waals surface area contributed by atoms with Gasteiger partial charge in [0, 0.05) is 6.92 Å². The summed E-state index contributed by atoms with van der Waals surface area (Å²) in [5, 5.41) is 10.4. The Morgan fingerprint density at radius 2 is 2.21 bits per heavy atom. The summed E-state index contributed by atoms with van der Waals surface area (Å²) in [7, 11) is 0. The number of rotatable bonds is 2. The molecular weight excluding hydrogens is 196 g/mol. The van der Waals surface area contributed by atoms with Gasteiger partial charge in [0.1, 0.15) is 5.69 Å². The molecule has 0 fully saturated rings. The molecule has 1 heterocycles. The fourth-order valence-corrected chi connectivity index (χ4v) is 1.01. The van der Waals surface area contributed by atoms with Crippen molar-refractivity contribution in [3.8, 4) is 0 Å². The number of alkyl halides is 2. The average Bonchev–Trinajstić information content (AvgIpc) is 2.07. The quantitative estimate of drug-likeness (QED) is 0.587. The molecule has 1 aromatic heterocycles. The molecule has 1 rings (SSSR count). The van der Waals surface area contributed by atoms with E-state index in [1.165, 1.54) is 6.92 Å². The van der Waals surface area contributed by atoms with Crippen LogP contribution in [0.2, 0.25) is 0 Å². The summed E-state index contributed by atoms with van der Waals surface area (Å²) in [6.07, 6.45) is -2.84. The molecule has 14 heavy (non-hydrogen) atoms. The van der Waals surface area contributed by atoms with E-state index in [-0.39, 0.29) is 5.69 Å². The zero-order valence-electron chi connectivity index (χ0n) is 7.20. The van der Waals surface area contributed by atoms with Crippen LogP contribution in [0, 0.1) is 17.0 Å². The van der Waals surface area contributed by atoms with E-state index in [1.54, 1.807) is 0 Å². The lowest BCUT2D eigenvalue weighted by Gasteiger charge is -2.04. The number of nitro groups is 1. The van der Waals surface area contributed by atoms with Gasteiger partial charge in [-0.05, 0) is 16.0 Å². The normalized spacial score (nSPS) is 10.6. The molecule has 76 valence electrons. The first-order valence-corrected chi connectivity index (χ1v) is 3.63. The lowest BCUT2D eigenvalue weighted by Crippen LogP contribution is -2.04. The van der Waals surface area contributed by atoms with Gasteiger partial charge in [-0.1, -0.05) is 0 Å². The topological polar surface area (TPSA) is 82.0 Å². The Morgan fingerprint density at radius 1 is 1.64 bits per heavy atom. The molecule has 0 aliphatic heterocycles. The molecule has 0 aliphatic rings. The Hall–Kier alpha value is -1.79. The molecule has 0 bridgehead atoms. The number of hydrogen-bond acceptors (Lipinski definition) is 4. The summed E-state index contributed by atoms with van der Waals surface area (Å²) in [4.78, 5) is 12.9. The maximum absolute atomic E-state index is 12.3. The van der Waals surface area contributed by atoms with Crippen LogP contribution >= 0.6 is 0 Å². The van der Waals surface area contributed by atoms with Crippen LogP contribution in [0.15, 0.2) is 6.07 Å². The van der Waals surface area contributed by atoms with E-state index in [0.717, 1.165) is 6.07 Å². The number of nitrogens with zero attached hydrogens (tertiary/aromatic N) is 2.